The first kappa shape index (κ1) is 13.6. The van der Waals surface area contributed by atoms with E-state index in [0.717, 1.165) is 18.6 Å². The van der Waals surface area contributed by atoms with Crippen LogP contribution in [0.5, 0.6) is 0 Å². The first-order valence-electron chi connectivity index (χ1n) is 5.10. The maximum Gasteiger partial charge on any atom is 0.144 e. The third-order valence-corrected chi connectivity index (χ3v) is 3.51. The highest BCUT2D eigenvalue weighted by molar-refractivity contribution is 7.99. The van der Waals surface area contributed by atoms with Gasteiger partial charge in [-0.05, 0) is 30.8 Å². The fraction of sp³-hybridized carbons (Fsp3) is 0.900. The van der Waals surface area contributed by atoms with Crippen molar-refractivity contribution in [3.8, 4) is 0 Å². The predicted octanol–water partition coefficient (Wildman–Crippen LogP) is 2.68. The van der Waals surface area contributed by atoms with Crippen molar-refractivity contribution in [2.24, 2.45) is 16.3 Å². The summed E-state index contributed by atoms with van der Waals surface area (Å²) in [6.07, 6.45) is 3.32. The monoisotopic (exact) mass is 218 g/mol. The van der Waals surface area contributed by atoms with E-state index in [1.54, 1.807) is 0 Å². The molecule has 84 valence electrons. The van der Waals surface area contributed by atoms with E-state index in [2.05, 4.69) is 12.1 Å². The topological polar surface area (TPSA) is 58.6 Å². The molecule has 3 N–H and O–H groups in total. The molecule has 0 fully saturated rings. The first-order chi connectivity index (χ1) is 6.54. The van der Waals surface area contributed by atoms with Gasteiger partial charge in [0.25, 0.3) is 0 Å². The molecule has 0 radical (unpaired) electrons. The second kappa shape index (κ2) is 6.98. The largest absolute Gasteiger partial charge is 0.409 e. The van der Waals surface area contributed by atoms with Gasteiger partial charge in [-0.15, -0.1) is 0 Å². The molecule has 0 saturated heterocycles. The van der Waals surface area contributed by atoms with Crippen LogP contribution in [-0.2, 0) is 0 Å². The molecular formula is C10H22N2OS. The second-order valence-corrected chi connectivity index (χ2v) is 5.31. The van der Waals surface area contributed by atoms with Crippen LogP contribution in [0.1, 0.15) is 40.0 Å². The van der Waals surface area contributed by atoms with E-state index in [1.807, 2.05) is 25.6 Å². The van der Waals surface area contributed by atoms with E-state index in [9.17, 15) is 0 Å². The maximum absolute atomic E-state index is 8.57. The molecule has 0 aromatic rings. The van der Waals surface area contributed by atoms with E-state index in [0.29, 0.717) is 5.84 Å². The maximum atomic E-state index is 8.57. The minimum Gasteiger partial charge on any atom is -0.409 e. The molecule has 0 aliphatic carbocycles. The molecule has 0 aromatic heterocycles. The van der Waals surface area contributed by atoms with Crippen LogP contribution < -0.4 is 5.73 Å². The molecule has 0 aliphatic rings. The summed E-state index contributed by atoms with van der Waals surface area (Å²) < 4.78 is 0. The van der Waals surface area contributed by atoms with Gasteiger partial charge in [-0.25, -0.2) is 0 Å². The zero-order valence-corrected chi connectivity index (χ0v) is 10.2. The van der Waals surface area contributed by atoms with Crippen molar-refractivity contribution >= 4 is 17.6 Å². The van der Waals surface area contributed by atoms with E-state index >= 15 is 0 Å². The van der Waals surface area contributed by atoms with Gasteiger partial charge in [-0.3, -0.25) is 0 Å². The molecule has 0 spiro atoms. The highest BCUT2D eigenvalue weighted by Gasteiger charge is 2.22. The van der Waals surface area contributed by atoms with Crippen LogP contribution >= 0.6 is 11.8 Å². The normalized spacial score (nSPS) is 13.2. The van der Waals surface area contributed by atoms with E-state index in [-0.39, 0.29) is 5.41 Å². The summed E-state index contributed by atoms with van der Waals surface area (Å²) in [5, 5.41) is 11.6. The number of nitrogens with zero attached hydrogens (tertiary/aromatic N) is 1. The Bertz CT molecular complexity index is 181. The molecule has 0 saturated carbocycles. The molecule has 0 rings (SSSR count). The number of rotatable bonds is 7. The van der Waals surface area contributed by atoms with Gasteiger partial charge in [-0.2, -0.15) is 11.8 Å². The van der Waals surface area contributed by atoms with Gasteiger partial charge < -0.3 is 10.9 Å². The summed E-state index contributed by atoms with van der Waals surface area (Å²) in [6, 6.07) is 0. The van der Waals surface area contributed by atoms with Gasteiger partial charge in [0.1, 0.15) is 5.84 Å². The zero-order chi connectivity index (χ0) is 11.0. The molecule has 0 atom stereocenters. The summed E-state index contributed by atoms with van der Waals surface area (Å²) in [5.41, 5.74) is 5.41. The molecule has 3 nitrogen and oxygen atoms in total. The van der Waals surface area contributed by atoms with Crippen molar-refractivity contribution in [2.45, 2.75) is 40.0 Å². The van der Waals surface area contributed by atoms with Gasteiger partial charge in [0.2, 0.25) is 0 Å². The molecule has 0 amide bonds. The zero-order valence-electron chi connectivity index (χ0n) is 9.42. The quantitative estimate of drug-likeness (QED) is 0.227. The SMILES string of the molecule is CCCSCCCC(C)(C)C(N)=NO. The van der Waals surface area contributed by atoms with Gasteiger partial charge in [0.15, 0.2) is 0 Å². The molecule has 4 heteroatoms. The van der Waals surface area contributed by atoms with Crippen LogP contribution in [0.25, 0.3) is 0 Å². The Kier molecular flexibility index (Phi) is 6.79. The number of nitrogens with two attached hydrogens (primary N) is 1. The summed E-state index contributed by atoms with van der Waals surface area (Å²) in [7, 11) is 0. The Balaban J connectivity index is 3.66. The lowest BCUT2D eigenvalue weighted by atomic mass is 9.87. The fourth-order valence-corrected chi connectivity index (χ4v) is 1.97. The smallest absolute Gasteiger partial charge is 0.144 e. The molecule has 0 heterocycles. The second-order valence-electron chi connectivity index (χ2n) is 4.09. The summed E-state index contributed by atoms with van der Waals surface area (Å²) in [6.45, 7) is 6.20. The van der Waals surface area contributed by atoms with Gasteiger partial charge in [-0.1, -0.05) is 25.9 Å². The number of hydrogen-bond donors (Lipinski definition) is 2. The van der Waals surface area contributed by atoms with E-state index in [4.69, 9.17) is 10.9 Å². The van der Waals surface area contributed by atoms with Crippen molar-refractivity contribution in [2.75, 3.05) is 11.5 Å². The molecule has 0 aliphatic heterocycles. The first-order valence-corrected chi connectivity index (χ1v) is 6.25. The Morgan fingerprint density at radius 3 is 2.57 bits per heavy atom. The third-order valence-electron chi connectivity index (χ3n) is 2.24. The lowest BCUT2D eigenvalue weighted by molar-refractivity contribution is 0.305. The summed E-state index contributed by atoms with van der Waals surface area (Å²) in [4.78, 5) is 0. The highest BCUT2D eigenvalue weighted by Crippen LogP contribution is 2.23. The van der Waals surface area contributed by atoms with Crippen molar-refractivity contribution < 1.29 is 5.21 Å². The summed E-state index contributed by atoms with van der Waals surface area (Å²) in [5.74, 6) is 2.72. The molecule has 14 heavy (non-hydrogen) atoms. The Labute approximate surface area is 91.1 Å². The average molecular weight is 218 g/mol. The van der Waals surface area contributed by atoms with Crippen LogP contribution in [0, 0.1) is 5.41 Å². The Morgan fingerprint density at radius 1 is 1.43 bits per heavy atom. The number of thioether (sulfide) groups is 1. The van der Waals surface area contributed by atoms with Crippen LogP contribution in [0.15, 0.2) is 5.16 Å². The predicted molar refractivity (Wildman–Crippen MR) is 64.0 cm³/mol. The molecular weight excluding hydrogens is 196 g/mol. The highest BCUT2D eigenvalue weighted by atomic mass is 32.2. The minimum atomic E-state index is -0.179. The van der Waals surface area contributed by atoms with E-state index in [1.165, 1.54) is 12.2 Å². The van der Waals surface area contributed by atoms with Crippen molar-refractivity contribution in [1.29, 1.82) is 0 Å². The van der Waals surface area contributed by atoms with E-state index < -0.39 is 0 Å². The fourth-order valence-electron chi connectivity index (χ4n) is 1.13. The third kappa shape index (κ3) is 5.37. The average Bonchev–Trinajstić information content (AvgIpc) is 2.16. The van der Waals surface area contributed by atoms with Crippen LogP contribution in [0.2, 0.25) is 0 Å². The number of oxime groups is 1. The van der Waals surface area contributed by atoms with Gasteiger partial charge >= 0.3 is 0 Å². The molecule has 0 aromatic carbocycles. The summed E-state index contributed by atoms with van der Waals surface area (Å²) >= 11 is 1.97. The lowest BCUT2D eigenvalue weighted by Crippen LogP contribution is -2.31. The Morgan fingerprint density at radius 2 is 2.07 bits per heavy atom. The standard InChI is InChI=1S/C10H22N2OS/c1-4-7-14-8-5-6-10(2,3)9(11)12-13/h13H,4-8H2,1-3H3,(H2,11,12). The van der Waals surface area contributed by atoms with Crippen LogP contribution in [-0.4, -0.2) is 22.5 Å². The minimum absolute atomic E-state index is 0.179. The van der Waals surface area contributed by atoms with Gasteiger partial charge in [0.05, 0.1) is 0 Å². The molecule has 0 bridgehead atoms. The van der Waals surface area contributed by atoms with Crippen LogP contribution in [0.3, 0.4) is 0 Å². The van der Waals surface area contributed by atoms with Crippen LogP contribution in [0.4, 0.5) is 0 Å². The lowest BCUT2D eigenvalue weighted by Gasteiger charge is -2.22. The Hall–Kier alpha value is -0.380. The van der Waals surface area contributed by atoms with Gasteiger partial charge in [0, 0.05) is 5.41 Å². The molecule has 0 unspecified atom stereocenters. The van der Waals surface area contributed by atoms with Crippen molar-refractivity contribution in [3.05, 3.63) is 0 Å². The van der Waals surface area contributed by atoms with Crippen molar-refractivity contribution in [3.63, 3.8) is 0 Å². The number of amidine groups is 1. The number of hydrogen-bond acceptors (Lipinski definition) is 3. The van der Waals surface area contributed by atoms with Crippen molar-refractivity contribution in [1.82, 2.24) is 0 Å².